The highest BCUT2D eigenvalue weighted by Crippen LogP contribution is 2.32. The summed E-state index contributed by atoms with van der Waals surface area (Å²) >= 11 is 0. The molecule has 0 amide bonds. The number of hydrogen-bond donors (Lipinski definition) is 2. The number of ether oxygens (including phenoxy) is 1. The molecule has 1 aromatic heterocycles. The second-order valence-electron chi connectivity index (χ2n) is 4.45. The van der Waals surface area contributed by atoms with Crippen LogP contribution in [0.2, 0.25) is 0 Å². The number of benzene rings is 1. The van der Waals surface area contributed by atoms with E-state index in [9.17, 15) is 9.59 Å². The summed E-state index contributed by atoms with van der Waals surface area (Å²) in [5, 5.41) is 8.99. The number of hydrogen-bond acceptors (Lipinski definition) is 4. The van der Waals surface area contributed by atoms with Gasteiger partial charge in [-0.3, -0.25) is 4.98 Å². The molecule has 2 N–H and O–H groups in total. The largest absolute Gasteiger partial charge is 0.496 e. The Balaban J connectivity index is 2.74. The smallest absolute Gasteiger partial charge is 0.352 e. The van der Waals surface area contributed by atoms with E-state index in [-0.39, 0.29) is 11.4 Å². The van der Waals surface area contributed by atoms with Gasteiger partial charge in [0.2, 0.25) is 0 Å². The summed E-state index contributed by atoms with van der Waals surface area (Å²) < 4.78 is 5.33. The Morgan fingerprint density at radius 2 is 2.00 bits per heavy atom. The first-order valence-electron chi connectivity index (χ1n) is 5.92. The zero-order valence-corrected chi connectivity index (χ0v) is 11.4. The maximum absolute atomic E-state index is 11.5. The van der Waals surface area contributed by atoms with Gasteiger partial charge in [-0.1, -0.05) is 6.07 Å². The lowest BCUT2D eigenvalue weighted by molar-refractivity contribution is 0.0690. The van der Waals surface area contributed by atoms with Crippen LogP contribution >= 0.6 is 0 Å². The second kappa shape index (κ2) is 5.16. The molecular weight excluding hydrogens is 260 g/mol. The van der Waals surface area contributed by atoms with Crippen molar-refractivity contribution in [3.63, 3.8) is 0 Å². The maximum Gasteiger partial charge on any atom is 0.352 e. The third kappa shape index (κ3) is 2.54. The number of nitrogens with one attached hydrogen (secondary N) is 1. The standard InChI is InChI=1S/C14H14N2O4/c1-7-4-8(2)12(20-3)9(5-7)10-6-11(13(17)18)16-14(19)15-10/h4-6H,1-3H3,(H,17,18)(H,15,16,19). The van der Waals surface area contributed by atoms with Gasteiger partial charge in [-0.05, 0) is 37.1 Å². The molecule has 0 spiro atoms. The van der Waals surface area contributed by atoms with Crippen molar-refractivity contribution in [2.75, 3.05) is 7.11 Å². The molecule has 0 fully saturated rings. The van der Waals surface area contributed by atoms with E-state index in [0.29, 0.717) is 11.3 Å². The maximum atomic E-state index is 11.5. The number of rotatable bonds is 3. The number of aromatic nitrogens is 2. The van der Waals surface area contributed by atoms with Crippen LogP contribution < -0.4 is 10.4 Å². The van der Waals surface area contributed by atoms with Gasteiger partial charge in [-0.15, -0.1) is 0 Å². The molecule has 1 heterocycles. The fourth-order valence-electron chi connectivity index (χ4n) is 2.13. The van der Waals surface area contributed by atoms with Crippen molar-refractivity contribution >= 4 is 5.97 Å². The van der Waals surface area contributed by atoms with E-state index in [1.807, 2.05) is 19.9 Å². The highest BCUT2D eigenvalue weighted by Gasteiger charge is 2.14. The van der Waals surface area contributed by atoms with Crippen LogP contribution in [0, 0.1) is 13.8 Å². The minimum atomic E-state index is -1.21. The van der Waals surface area contributed by atoms with Gasteiger partial charge < -0.3 is 9.84 Å². The number of carboxylic acid groups (broad SMARTS) is 1. The minimum Gasteiger partial charge on any atom is -0.496 e. The fourth-order valence-corrected chi connectivity index (χ4v) is 2.13. The number of nitrogens with zero attached hydrogens (tertiary/aromatic N) is 1. The molecule has 0 radical (unpaired) electrons. The topological polar surface area (TPSA) is 92.3 Å². The van der Waals surface area contributed by atoms with E-state index >= 15 is 0 Å². The Bertz CT molecular complexity index is 734. The quantitative estimate of drug-likeness (QED) is 0.889. The average molecular weight is 274 g/mol. The molecule has 0 saturated carbocycles. The first kappa shape index (κ1) is 13.8. The van der Waals surface area contributed by atoms with Gasteiger partial charge in [0, 0.05) is 5.56 Å². The summed E-state index contributed by atoms with van der Waals surface area (Å²) in [6.45, 7) is 3.78. The molecule has 6 heteroatoms. The lowest BCUT2D eigenvalue weighted by Gasteiger charge is -2.12. The summed E-state index contributed by atoms with van der Waals surface area (Å²) in [6.07, 6.45) is 0. The Labute approximate surface area is 115 Å². The molecular formula is C14H14N2O4. The fraction of sp³-hybridized carbons (Fsp3) is 0.214. The van der Waals surface area contributed by atoms with E-state index in [2.05, 4.69) is 9.97 Å². The van der Waals surface area contributed by atoms with Crippen LogP contribution in [0.4, 0.5) is 0 Å². The van der Waals surface area contributed by atoms with Crippen LogP contribution in [0.5, 0.6) is 5.75 Å². The average Bonchev–Trinajstić information content (AvgIpc) is 2.37. The molecule has 2 aromatic rings. The van der Waals surface area contributed by atoms with E-state index in [0.717, 1.165) is 11.1 Å². The number of aromatic amines is 1. The molecule has 0 saturated heterocycles. The summed E-state index contributed by atoms with van der Waals surface area (Å²) in [5.74, 6) is -0.640. The van der Waals surface area contributed by atoms with Crippen molar-refractivity contribution in [3.05, 3.63) is 45.5 Å². The third-order valence-electron chi connectivity index (χ3n) is 2.87. The van der Waals surface area contributed by atoms with Crippen molar-refractivity contribution < 1.29 is 14.6 Å². The van der Waals surface area contributed by atoms with Gasteiger partial charge >= 0.3 is 11.7 Å². The zero-order chi connectivity index (χ0) is 14.9. The number of aryl methyl sites for hydroxylation is 2. The normalized spacial score (nSPS) is 10.3. The van der Waals surface area contributed by atoms with Crippen molar-refractivity contribution in [2.24, 2.45) is 0 Å². The summed E-state index contributed by atoms with van der Waals surface area (Å²) in [7, 11) is 1.52. The Morgan fingerprint density at radius 3 is 2.60 bits per heavy atom. The lowest BCUT2D eigenvalue weighted by atomic mass is 10.0. The number of aromatic carboxylic acids is 1. The molecule has 0 atom stereocenters. The molecule has 6 nitrogen and oxygen atoms in total. The van der Waals surface area contributed by atoms with Gasteiger partial charge in [-0.25, -0.2) is 9.59 Å². The minimum absolute atomic E-state index is 0.207. The number of methoxy groups -OCH3 is 1. The molecule has 0 aliphatic carbocycles. The Hall–Kier alpha value is -2.63. The highest BCUT2D eigenvalue weighted by molar-refractivity contribution is 5.87. The summed E-state index contributed by atoms with van der Waals surface area (Å²) in [5.41, 5.74) is 1.81. The summed E-state index contributed by atoms with van der Waals surface area (Å²) in [6, 6.07) is 5.06. The highest BCUT2D eigenvalue weighted by atomic mass is 16.5. The van der Waals surface area contributed by atoms with Crippen molar-refractivity contribution in [2.45, 2.75) is 13.8 Å². The van der Waals surface area contributed by atoms with Crippen LogP contribution in [0.25, 0.3) is 11.3 Å². The molecule has 1 aromatic carbocycles. The van der Waals surface area contributed by atoms with Crippen LogP contribution in [-0.2, 0) is 0 Å². The van der Waals surface area contributed by atoms with E-state index in [1.165, 1.54) is 13.2 Å². The zero-order valence-electron chi connectivity index (χ0n) is 11.4. The van der Waals surface area contributed by atoms with Gasteiger partial charge in [0.15, 0.2) is 0 Å². The first-order valence-corrected chi connectivity index (χ1v) is 5.92. The molecule has 0 aliphatic heterocycles. The SMILES string of the molecule is COc1c(C)cc(C)cc1-c1cc(C(=O)O)[nH]c(=O)n1. The third-order valence-corrected chi connectivity index (χ3v) is 2.87. The second-order valence-corrected chi connectivity index (χ2v) is 4.45. The van der Waals surface area contributed by atoms with Gasteiger partial charge in [0.25, 0.3) is 0 Å². The van der Waals surface area contributed by atoms with E-state index in [1.54, 1.807) is 6.07 Å². The predicted molar refractivity (Wildman–Crippen MR) is 73.3 cm³/mol. The van der Waals surface area contributed by atoms with E-state index < -0.39 is 11.7 Å². The molecule has 20 heavy (non-hydrogen) atoms. The predicted octanol–water partition coefficient (Wildman–Crippen LogP) is 1.76. The number of carbonyl (C=O) groups is 1. The van der Waals surface area contributed by atoms with Gasteiger partial charge in [-0.2, -0.15) is 4.98 Å². The molecule has 104 valence electrons. The van der Waals surface area contributed by atoms with Gasteiger partial charge in [0.05, 0.1) is 12.8 Å². The van der Waals surface area contributed by atoms with E-state index in [4.69, 9.17) is 9.84 Å². The molecule has 0 aliphatic rings. The van der Waals surface area contributed by atoms with Crippen LogP contribution in [-0.4, -0.2) is 28.2 Å². The molecule has 0 bridgehead atoms. The van der Waals surface area contributed by atoms with Crippen LogP contribution in [0.1, 0.15) is 21.6 Å². The first-order chi connectivity index (χ1) is 9.42. The lowest BCUT2D eigenvalue weighted by Crippen LogP contribution is -2.16. The van der Waals surface area contributed by atoms with Crippen molar-refractivity contribution in [1.29, 1.82) is 0 Å². The number of carboxylic acids is 1. The van der Waals surface area contributed by atoms with Gasteiger partial charge in [0.1, 0.15) is 11.4 Å². The van der Waals surface area contributed by atoms with Crippen LogP contribution in [0.15, 0.2) is 23.0 Å². The molecule has 2 rings (SSSR count). The van der Waals surface area contributed by atoms with Crippen LogP contribution in [0.3, 0.4) is 0 Å². The number of H-pyrrole nitrogens is 1. The Kier molecular flexibility index (Phi) is 3.56. The summed E-state index contributed by atoms with van der Waals surface area (Å²) in [4.78, 5) is 28.5. The van der Waals surface area contributed by atoms with Crippen molar-refractivity contribution in [1.82, 2.24) is 9.97 Å². The Morgan fingerprint density at radius 1 is 1.30 bits per heavy atom. The molecule has 0 unspecified atom stereocenters. The van der Waals surface area contributed by atoms with Crippen molar-refractivity contribution in [3.8, 4) is 17.0 Å². The monoisotopic (exact) mass is 274 g/mol.